The van der Waals surface area contributed by atoms with Gasteiger partial charge in [0.15, 0.2) is 0 Å². The molecule has 1 aromatic carbocycles. The molecule has 0 unspecified atom stereocenters. The van der Waals surface area contributed by atoms with Gasteiger partial charge in [0.25, 0.3) is 0 Å². The minimum atomic E-state index is 0.719. The van der Waals surface area contributed by atoms with E-state index in [2.05, 4.69) is 26.2 Å². The molecule has 0 aliphatic heterocycles. The van der Waals surface area contributed by atoms with Crippen LogP contribution >= 0.6 is 0 Å². The molecule has 0 bridgehead atoms. The van der Waals surface area contributed by atoms with E-state index in [1.807, 2.05) is 37.3 Å². The van der Waals surface area contributed by atoms with Crippen molar-refractivity contribution >= 4 is 22.4 Å². The smallest absolute Gasteiger partial charge is 0.143 e. The Morgan fingerprint density at radius 2 is 2.05 bits per heavy atom. The number of nitrogens with zero attached hydrogens (tertiary/aromatic N) is 3. The van der Waals surface area contributed by atoms with Crippen LogP contribution in [-0.2, 0) is 0 Å². The minimum absolute atomic E-state index is 0.719. The first-order valence-corrected chi connectivity index (χ1v) is 6.17. The quantitative estimate of drug-likeness (QED) is 0.719. The standard InChI is InChI=1S/C16H12N4/c1-3-12-5-4-6-13(8-12)20-16-14-9-17-11(2)7-15(14)18-10-19-16/h1,4-10H,2H3,(H,18,19,20). The zero-order chi connectivity index (χ0) is 13.9. The number of hydrogen-bond acceptors (Lipinski definition) is 4. The van der Waals surface area contributed by atoms with E-state index in [-0.39, 0.29) is 0 Å². The molecule has 3 rings (SSSR count). The number of hydrogen-bond donors (Lipinski definition) is 1. The van der Waals surface area contributed by atoms with Crippen LogP contribution < -0.4 is 5.32 Å². The third-order valence-electron chi connectivity index (χ3n) is 2.95. The van der Waals surface area contributed by atoms with Crippen molar-refractivity contribution in [3.63, 3.8) is 0 Å². The van der Waals surface area contributed by atoms with Gasteiger partial charge < -0.3 is 5.32 Å². The fourth-order valence-electron chi connectivity index (χ4n) is 1.98. The van der Waals surface area contributed by atoms with Crippen LogP contribution in [0.4, 0.5) is 11.5 Å². The van der Waals surface area contributed by atoms with Crippen LogP contribution in [-0.4, -0.2) is 15.0 Å². The lowest BCUT2D eigenvalue weighted by atomic mass is 10.2. The summed E-state index contributed by atoms with van der Waals surface area (Å²) in [6.07, 6.45) is 8.72. The molecule has 0 aliphatic carbocycles. The first kappa shape index (κ1) is 12.1. The predicted octanol–water partition coefficient (Wildman–Crippen LogP) is 3.06. The lowest BCUT2D eigenvalue weighted by molar-refractivity contribution is 1.17. The Morgan fingerprint density at radius 1 is 1.15 bits per heavy atom. The summed E-state index contributed by atoms with van der Waals surface area (Å²) in [5.74, 6) is 3.33. The minimum Gasteiger partial charge on any atom is -0.340 e. The summed E-state index contributed by atoms with van der Waals surface area (Å²) in [6.45, 7) is 1.94. The van der Waals surface area contributed by atoms with Gasteiger partial charge in [-0.1, -0.05) is 12.0 Å². The molecular weight excluding hydrogens is 248 g/mol. The summed E-state index contributed by atoms with van der Waals surface area (Å²) < 4.78 is 0. The molecule has 1 N–H and O–H groups in total. The van der Waals surface area contributed by atoms with Crippen LogP contribution in [0.5, 0.6) is 0 Å². The Bertz CT molecular complexity index is 818. The van der Waals surface area contributed by atoms with Gasteiger partial charge in [-0.15, -0.1) is 6.42 Å². The van der Waals surface area contributed by atoms with E-state index >= 15 is 0 Å². The van der Waals surface area contributed by atoms with Gasteiger partial charge in [0.2, 0.25) is 0 Å². The van der Waals surface area contributed by atoms with Crippen LogP contribution in [0.25, 0.3) is 10.9 Å². The van der Waals surface area contributed by atoms with E-state index in [9.17, 15) is 0 Å². The molecule has 4 heteroatoms. The van der Waals surface area contributed by atoms with Gasteiger partial charge in [0, 0.05) is 23.1 Å². The maximum Gasteiger partial charge on any atom is 0.143 e. The average molecular weight is 260 g/mol. The maximum atomic E-state index is 5.41. The summed E-state index contributed by atoms with van der Waals surface area (Å²) >= 11 is 0. The molecule has 0 aliphatic rings. The number of terminal acetylenes is 1. The molecule has 0 spiro atoms. The number of aryl methyl sites for hydroxylation is 1. The average Bonchev–Trinajstić information content (AvgIpc) is 2.47. The van der Waals surface area contributed by atoms with E-state index in [4.69, 9.17) is 6.42 Å². The second-order valence-electron chi connectivity index (χ2n) is 4.42. The lowest BCUT2D eigenvalue weighted by Gasteiger charge is -2.08. The van der Waals surface area contributed by atoms with Crippen molar-refractivity contribution in [1.29, 1.82) is 0 Å². The van der Waals surface area contributed by atoms with Gasteiger partial charge in [-0.25, -0.2) is 9.97 Å². The topological polar surface area (TPSA) is 50.7 Å². The summed E-state index contributed by atoms with van der Waals surface area (Å²) in [4.78, 5) is 12.8. The highest BCUT2D eigenvalue weighted by Gasteiger charge is 2.05. The summed E-state index contributed by atoms with van der Waals surface area (Å²) in [7, 11) is 0. The molecule has 4 nitrogen and oxygen atoms in total. The molecule has 0 fully saturated rings. The number of nitrogens with one attached hydrogen (secondary N) is 1. The number of fused-ring (bicyclic) bond motifs is 1. The van der Waals surface area contributed by atoms with E-state index in [0.29, 0.717) is 0 Å². The first-order valence-electron chi connectivity index (χ1n) is 6.17. The second kappa shape index (κ2) is 4.98. The van der Waals surface area contributed by atoms with Crippen molar-refractivity contribution in [3.8, 4) is 12.3 Å². The third kappa shape index (κ3) is 2.29. The van der Waals surface area contributed by atoms with Crippen LogP contribution in [0, 0.1) is 19.3 Å². The van der Waals surface area contributed by atoms with Crippen molar-refractivity contribution in [2.75, 3.05) is 5.32 Å². The molecule has 0 saturated heterocycles. The molecule has 0 radical (unpaired) electrons. The maximum absolute atomic E-state index is 5.41. The highest BCUT2D eigenvalue weighted by atomic mass is 15.0. The highest BCUT2D eigenvalue weighted by Crippen LogP contribution is 2.22. The van der Waals surface area contributed by atoms with Gasteiger partial charge in [-0.3, -0.25) is 4.98 Å². The zero-order valence-electron chi connectivity index (χ0n) is 11.0. The third-order valence-corrected chi connectivity index (χ3v) is 2.95. The molecule has 2 heterocycles. The Morgan fingerprint density at radius 3 is 2.90 bits per heavy atom. The normalized spacial score (nSPS) is 10.2. The summed E-state index contributed by atoms with van der Waals surface area (Å²) in [6, 6.07) is 9.56. The number of anilines is 2. The van der Waals surface area contributed by atoms with Crippen molar-refractivity contribution in [3.05, 3.63) is 54.1 Å². The van der Waals surface area contributed by atoms with E-state index in [1.165, 1.54) is 6.33 Å². The molecule has 0 amide bonds. The predicted molar refractivity (Wildman–Crippen MR) is 79.7 cm³/mol. The summed E-state index contributed by atoms with van der Waals surface area (Å²) in [5, 5.41) is 4.13. The van der Waals surface area contributed by atoms with Crippen molar-refractivity contribution in [2.45, 2.75) is 6.92 Å². The van der Waals surface area contributed by atoms with Crippen molar-refractivity contribution in [2.24, 2.45) is 0 Å². The number of rotatable bonds is 2. The first-order chi connectivity index (χ1) is 9.76. The van der Waals surface area contributed by atoms with Crippen LogP contribution in [0.2, 0.25) is 0 Å². The lowest BCUT2D eigenvalue weighted by Crippen LogP contribution is -1.97. The number of pyridine rings is 1. The van der Waals surface area contributed by atoms with Crippen molar-refractivity contribution in [1.82, 2.24) is 15.0 Å². The van der Waals surface area contributed by atoms with Crippen LogP contribution in [0.15, 0.2) is 42.9 Å². The fourth-order valence-corrected chi connectivity index (χ4v) is 1.98. The molecule has 96 valence electrons. The van der Waals surface area contributed by atoms with Crippen molar-refractivity contribution < 1.29 is 0 Å². The molecule has 2 aromatic heterocycles. The molecule has 0 saturated carbocycles. The van der Waals surface area contributed by atoms with E-state index in [0.717, 1.165) is 33.7 Å². The largest absolute Gasteiger partial charge is 0.340 e. The van der Waals surface area contributed by atoms with Gasteiger partial charge in [-0.05, 0) is 31.2 Å². The Labute approximate surface area is 116 Å². The molecule has 3 aromatic rings. The second-order valence-corrected chi connectivity index (χ2v) is 4.42. The number of benzene rings is 1. The highest BCUT2D eigenvalue weighted by molar-refractivity contribution is 5.90. The number of aromatic nitrogens is 3. The Balaban J connectivity index is 2.04. The Kier molecular flexibility index (Phi) is 3.02. The zero-order valence-corrected chi connectivity index (χ0v) is 11.0. The van der Waals surface area contributed by atoms with Gasteiger partial charge in [0.1, 0.15) is 12.1 Å². The van der Waals surface area contributed by atoms with Crippen LogP contribution in [0.1, 0.15) is 11.3 Å². The van der Waals surface area contributed by atoms with Gasteiger partial charge in [-0.2, -0.15) is 0 Å². The molecule has 0 atom stereocenters. The van der Waals surface area contributed by atoms with Crippen LogP contribution in [0.3, 0.4) is 0 Å². The Hall–Kier alpha value is -2.93. The van der Waals surface area contributed by atoms with E-state index in [1.54, 1.807) is 6.20 Å². The van der Waals surface area contributed by atoms with Gasteiger partial charge in [0.05, 0.1) is 10.9 Å². The monoisotopic (exact) mass is 260 g/mol. The SMILES string of the molecule is C#Cc1cccc(Nc2ncnc3cc(C)ncc23)c1. The molecule has 20 heavy (non-hydrogen) atoms. The fraction of sp³-hybridized carbons (Fsp3) is 0.0625. The van der Waals surface area contributed by atoms with Gasteiger partial charge >= 0.3 is 0 Å². The van der Waals surface area contributed by atoms with E-state index < -0.39 is 0 Å². The summed E-state index contributed by atoms with van der Waals surface area (Å²) in [5.41, 5.74) is 3.50. The molecular formula is C16H12N4.